The highest BCUT2D eigenvalue weighted by Gasteiger charge is 2.24. The highest BCUT2D eigenvalue weighted by molar-refractivity contribution is 7.17. The van der Waals surface area contributed by atoms with Gasteiger partial charge in [0, 0.05) is 18.2 Å². The summed E-state index contributed by atoms with van der Waals surface area (Å²) in [6.07, 6.45) is 2.35. The van der Waals surface area contributed by atoms with Crippen molar-refractivity contribution in [1.29, 1.82) is 0 Å². The van der Waals surface area contributed by atoms with E-state index in [9.17, 15) is 4.79 Å². The van der Waals surface area contributed by atoms with E-state index in [0.717, 1.165) is 35.8 Å². The van der Waals surface area contributed by atoms with Crippen LogP contribution in [-0.4, -0.2) is 55.7 Å². The molecule has 1 fully saturated rings. The number of amides is 1. The van der Waals surface area contributed by atoms with Gasteiger partial charge in [-0.15, -0.1) is 11.3 Å². The summed E-state index contributed by atoms with van der Waals surface area (Å²) in [5.41, 5.74) is 1.66. The fraction of sp³-hybridized carbons (Fsp3) is 0.500. The second-order valence-corrected chi connectivity index (χ2v) is 7.64. The summed E-state index contributed by atoms with van der Waals surface area (Å²) in [5.74, 6) is 1.28. The molecule has 0 saturated carbocycles. The molecule has 1 atom stereocenters. The summed E-state index contributed by atoms with van der Waals surface area (Å²) >= 11 is 1.41. The first-order chi connectivity index (χ1) is 13.1. The Morgan fingerprint density at radius 3 is 2.81 bits per heavy atom. The minimum atomic E-state index is -0.0420. The highest BCUT2D eigenvalue weighted by Crippen LogP contribution is 2.35. The van der Waals surface area contributed by atoms with Crippen LogP contribution in [0.5, 0.6) is 11.5 Å². The summed E-state index contributed by atoms with van der Waals surface area (Å²) in [6, 6.07) is 6.11. The van der Waals surface area contributed by atoms with E-state index in [0.29, 0.717) is 29.0 Å². The summed E-state index contributed by atoms with van der Waals surface area (Å²) in [7, 11) is 3.22. The van der Waals surface area contributed by atoms with E-state index >= 15 is 0 Å². The number of rotatable bonds is 7. The van der Waals surface area contributed by atoms with Crippen LogP contribution in [0.4, 0.5) is 0 Å². The van der Waals surface area contributed by atoms with E-state index in [1.807, 2.05) is 25.1 Å². The molecule has 6 nitrogen and oxygen atoms in total. The molecule has 27 heavy (non-hydrogen) atoms. The quantitative estimate of drug-likeness (QED) is 0.787. The van der Waals surface area contributed by atoms with Gasteiger partial charge in [-0.25, -0.2) is 4.98 Å². The largest absolute Gasteiger partial charge is 0.493 e. The van der Waals surface area contributed by atoms with Gasteiger partial charge in [0.15, 0.2) is 11.5 Å². The molecular formula is C20H27N3O3S. The lowest BCUT2D eigenvalue weighted by Gasteiger charge is -2.22. The molecule has 3 rings (SSSR count). The van der Waals surface area contributed by atoms with Crippen LogP contribution in [0.3, 0.4) is 0 Å². The van der Waals surface area contributed by atoms with Crippen molar-refractivity contribution in [3.63, 3.8) is 0 Å². The van der Waals surface area contributed by atoms with Gasteiger partial charge < -0.3 is 14.8 Å². The third kappa shape index (κ3) is 4.25. The van der Waals surface area contributed by atoms with Gasteiger partial charge >= 0.3 is 0 Å². The number of hydrogen-bond donors (Lipinski definition) is 1. The van der Waals surface area contributed by atoms with Crippen LogP contribution >= 0.6 is 11.3 Å². The number of thiazole rings is 1. The third-order valence-corrected chi connectivity index (χ3v) is 6.24. The van der Waals surface area contributed by atoms with Gasteiger partial charge in [-0.3, -0.25) is 9.69 Å². The molecule has 0 bridgehead atoms. The smallest absolute Gasteiger partial charge is 0.263 e. The Morgan fingerprint density at radius 2 is 2.11 bits per heavy atom. The molecule has 7 heteroatoms. The van der Waals surface area contributed by atoms with Gasteiger partial charge in [0.2, 0.25) is 0 Å². The molecular weight excluding hydrogens is 362 g/mol. The van der Waals surface area contributed by atoms with Crippen molar-refractivity contribution in [2.75, 3.05) is 33.9 Å². The zero-order chi connectivity index (χ0) is 19.4. The maximum atomic E-state index is 12.7. The molecule has 1 aromatic heterocycles. The molecule has 0 aliphatic carbocycles. The second-order valence-electron chi connectivity index (χ2n) is 6.64. The van der Waals surface area contributed by atoms with Crippen LogP contribution in [-0.2, 0) is 0 Å². The van der Waals surface area contributed by atoms with E-state index < -0.39 is 0 Å². The lowest BCUT2D eigenvalue weighted by Crippen LogP contribution is -2.39. The molecule has 146 valence electrons. The van der Waals surface area contributed by atoms with E-state index in [-0.39, 0.29) is 5.91 Å². The summed E-state index contributed by atoms with van der Waals surface area (Å²) in [4.78, 5) is 20.4. The van der Waals surface area contributed by atoms with Crippen molar-refractivity contribution in [3.8, 4) is 22.1 Å². The normalized spacial score (nSPS) is 17.1. The predicted molar refractivity (Wildman–Crippen MR) is 108 cm³/mol. The van der Waals surface area contributed by atoms with Crippen molar-refractivity contribution < 1.29 is 14.3 Å². The van der Waals surface area contributed by atoms with Crippen molar-refractivity contribution in [3.05, 3.63) is 28.8 Å². The molecule has 0 spiro atoms. The van der Waals surface area contributed by atoms with Crippen molar-refractivity contribution in [2.45, 2.75) is 32.7 Å². The predicted octanol–water partition coefficient (Wildman–Crippen LogP) is 3.35. The van der Waals surface area contributed by atoms with Gasteiger partial charge in [-0.05, 0) is 51.1 Å². The number of carbonyl (C=O) groups is 1. The van der Waals surface area contributed by atoms with Crippen LogP contribution in [0.15, 0.2) is 18.2 Å². The first kappa shape index (κ1) is 19.6. The maximum absolute atomic E-state index is 12.7. The van der Waals surface area contributed by atoms with Gasteiger partial charge in [-0.1, -0.05) is 6.92 Å². The summed E-state index contributed by atoms with van der Waals surface area (Å²) in [6.45, 7) is 6.89. The number of aryl methyl sites for hydroxylation is 1. The number of methoxy groups -OCH3 is 2. The number of nitrogens with one attached hydrogen (secondary N) is 1. The van der Waals surface area contributed by atoms with Crippen LogP contribution in [0.2, 0.25) is 0 Å². The van der Waals surface area contributed by atoms with E-state index in [1.54, 1.807) is 14.2 Å². The van der Waals surface area contributed by atoms with Gasteiger partial charge in [-0.2, -0.15) is 0 Å². The molecule has 1 aliphatic heterocycles. The number of aromatic nitrogens is 1. The van der Waals surface area contributed by atoms with Crippen molar-refractivity contribution in [1.82, 2.24) is 15.2 Å². The average molecular weight is 390 g/mol. The second kappa shape index (κ2) is 8.71. The lowest BCUT2D eigenvalue weighted by atomic mass is 10.2. The zero-order valence-electron chi connectivity index (χ0n) is 16.4. The monoisotopic (exact) mass is 389 g/mol. The topological polar surface area (TPSA) is 63.7 Å². The SMILES string of the molecule is CCN1CCC[C@@H]1CNC(=O)c1sc(-c2ccc(OC)c(OC)c2)nc1C. The van der Waals surface area contributed by atoms with E-state index in [1.165, 1.54) is 17.8 Å². The molecule has 0 unspecified atom stereocenters. The van der Waals surface area contributed by atoms with Crippen LogP contribution in [0.25, 0.3) is 10.6 Å². The number of carbonyl (C=O) groups excluding carboxylic acids is 1. The Labute approximate surface area is 164 Å². The van der Waals surface area contributed by atoms with Gasteiger partial charge in [0.25, 0.3) is 5.91 Å². The number of likely N-dealkylation sites (tertiary alicyclic amines) is 1. The fourth-order valence-corrected chi connectivity index (χ4v) is 4.51. The molecule has 1 amide bonds. The highest BCUT2D eigenvalue weighted by atomic mass is 32.1. The number of likely N-dealkylation sites (N-methyl/N-ethyl adjacent to an activating group) is 1. The molecule has 1 aromatic carbocycles. The summed E-state index contributed by atoms with van der Waals surface area (Å²) in [5, 5.41) is 3.90. The number of nitrogens with zero attached hydrogens (tertiary/aromatic N) is 2. The van der Waals surface area contributed by atoms with Crippen LogP contribution in [0.1, 0.15) is 35.1 Å². The van der Waals surface area contributed by atoms with E-state index in [2.05, 4.69) is 22.1 Å². The lowest BCUT2D eigenvalue weighted by molar-refractivity contribution is 0.0944. The van der Waals surface area contributed by atoms with Crippen LogP contribution < -0.4 is 14.8 Å². The molecule has 0 radical (unpaired) electrons. The third-order valence-electron chi connectivity index (χ3n) is 5.04. The number of ether oxygens (including phenoxy) is 2. The zero-order valence-corrected chi connectivity index (χ0v) is 17.2. The molecule has 1 aliphatic rings. The Balaban J connectivity index is 1.73. The minimum absolute atomic E-state index is 0.0420. The van der Waals surface area contributed by atoms with Crippen molar-refractivity contribution in [2.24, 2.45) is 0 Å². The Morgan fingerprint density at radius 1 is 1.33 bits per heavy atom. The first-order valence-electron chi connectivity index (χ1n) is 9.29. The standard InChI is InChI=1S/C20H27N3O3S/c1-5-23-10-6-7-15(23)12-21-19(24)18-13(2)22-20(27-18)14-8-9-16(25-3)17(11-14)26-4/h8-9,11,15H,5-7,10,12H2,1-4H3,(H,21,24)/t15-/m1/s1. The first-order valence-corrected chi connectivity index (χ1v) is 10.1. The number of benzene rings is 1. The summed E-state index contributed by atoms with van der Waals surface area (Å²) < 4.78 is 10.6. The van der Waals surface area contributed by atoms with Crippen molar-refractivity contribution >= 4 is 17.2 Å². The van der Waals surface area contributed by atoms with Gasteiger partial charge in [0.05, 0.1) is 19.9 Å². The molecule has 1 saturated heterocycles. The van der Waals surface area contributed by atoms with E-state index in [4.69, 9.17) is 9.47 Å². The molecule has 1 N–H and O–H groups in total. The average Bonchev–Trinajstić information content (AvgIpc) is 3.31. The maximum Gasteiger partial charge on any atom is 0.263 e. The number of hydrogen-bond acceptors (Lipinski definition) is 6. The Kier molecular flexibility index (Phi) is 6.34. The van der Waals surface area contributed by atoms with Crippen LogP contribution in [0, 0.1) is 6.92 Å². The molecule has 2 aromatic rings. The fourth-order valence-electron chi connectivity index (χ4n) is 3.53. The molecule has 2 heterocycles. The minimum Gasteiger partial charge on any atom is -0.493 e. The van der Waals surface area contributed by atoms with Gasteiger partial charge in [0.1, 0.15) is 9.88 Å². The Hall–Kier alpha value is -2.12. The Bertz CT molecular complexity index is 806.